The molecule has 1 aliphatic carbocycles. The van der Waals surface area contributed by atoms with Crippen molar-refractivity contribution in [1.29, 1.82) is 0 Å². The second-order valence-electron chi connectivity index (χ2n) is 5.10. The van der Waals surface area contributed by atoms with Crippen molar-refractivity contribution in [2.24, 2.45) is 5.92 Å². The number of benzene rings is 2. The highest BCUT2D eigenvalue weighted by molar-refractivity contribution is 6.30. The summed E-state index contributed by atoms with van der Waals surface area (Å²) in [6.07, 6.45) is 7.31. The highest BCUT2D eigenvalue weighted by Crippen LogP contribution is 2.23. The van der Waals surface area contributed by atoms with Crippen molar-refractivity contribution in [3.63, 3.8) is 0 Å². The molecule has 2 aromatic carbocycles. The lowest BCUT2D eigenvalue weighted by Gasteiger charge is -2.09. The van der Waals surface area contributed by atoms with E-state index in [1.807, 2.05) is 48.6 Å². The monoisotopic (exact) mass is 326 g/mol. The molecule has 0 atom stereocenters. The summed E-state index contributed by atoms with van der Waals surface area (Å²) in [4.78, 5) is 11.8. The second-order valence-corrected chi connectivity index (χ2v) is 5.54. The molecule has 0 heterocycles. The molecule has 3 nitrogen and oxygen atoms in total. The molecule has 0 aromatic heterocycles. The molecule has 4 heteroatoms. The fourth-order valence-corrected chi connectivity index (χ4v) is 2.26. The SMILES string of the molecule is O=C(OCc1ccc(Oc2ccc(Cl)cc2)cc1)C1C=CC=C1. The Morgan fingerprint density at radius 3 is 2.09 bits per heavy atom. The first-order valence-corrected chi connectivity index (χ1v) is 7.62. The maximum Gasteiger partial charge on any atom is 0.317 e. The Morgan fingerprint density at radius 1 is 0.913 bits per heavy atom. The predicted molar refractivity (Wildman–Crippen MR) is 89.5 cm³/mol. The number of halogens is 1. The number of hydrogen-bond donors (Lipinski definition) is 0. The molecule has 0 saturated carbocycles. The Labute approximate surface area is 139 Å². The molecule has 0 N–H and O–H groups in total. The van der Waals surface area contributed by atoms with Gasteiger partial charge in [0.15, 0.2) is 0 Å². The fraction of sp³-hybridized carbons (Fsp3) is 0.105. The van der Waals surface area contributed by atoms with Gasteiger partial charge in [0.1, 0.15) is 18.1 Å². The van der Waals surface area contributed by atoms with Gasteiger partial charge >= 0.3 is 5.97 Å². The lowest BCUT2D eigenvalue weighted by Crippen LogP contribution is -2.12. The third kappa shape index (κ3) is 4.24. The number of ether oxygens (including phenoxy) is 2. The molecule has 0 aliphatic heterocycles. The lowest BCUT2D eigenvalue weighted by atomic mass is 10.2. The van der Waals surface area contributed by atoms with Gasteiger partial charge < -0.3 is 9.47 Å². The van der Waals surface area contributed by atoms with Crippen LogP contribution in [0.5, 0.6) is 11.5 Å². The number of rotatable bonds is 5. The minimum Gasteiger partial charge on any atom is -0.460 e. The Hall–Kier alpha value is -2.52. The maximum atomic E-state index is 11.8. The molecule has 116 valence electrons. The van der Waals surface area contributed by atoms with Crippen LogP contribution in [0.15, 0.2) is 72.8 Å². The Bertz CT molecular complexity index is 718. The molecule has 0 saturated heterocycles. The average molecular weight is 327 g/mol. The highest BCUT2D eigenvalue weighted by Gasteiger charge is 2.15. The standard InChI is InChI=1S/C19H15ClO3/c20-16-7-11-18(12-8-16)23-17-9-5-14(6-10-17)13-22-19(21)15-3-1-2-4-15/h1-12,15H,13H2. The molecule has 0 fully saturated rings. The second kappa shape index (κ2) is 7.16. The molecule has 0 spiro atoms. The zero-order valence-electron chi connectivity index (χ0n) is 12.3. The van der Waals surface area contributed by atoms with E-state index in [0.717, 1.165) is 5.56 Å². The van der Waals surface area contributed by atoms with Gasteiger partial charge in [0.05, 0.1) is 5.92 Å². The van der Waals surface area contributed by atoms with Crippen molar-refractivity contribution in [2.75, 3.05) is 0 Å². The van der Waals surface area contributed by atoms with E-state index in [-0.39, 0.29) is 18.5 Å². The van der Waals surface area contributed by atoms with Crippen molar-refractivity contribution < 1.29 is 14.3 Å². The van der Waals surface area contributed by atoms with Crippen molar-refractivity contribution in [3.05, 3.63) is 83.4 Å². The van der Waals surface area contributed by atoms with E-state index in [9.17, 15) is 4.79 Å². The van der Waals surface area contributed by atoms with Crippen LogP contribution < -0.4 is 4.74 Å². The van der Waals surface area contributed by atoms with Crippen LogP contribution in [-0.2, 0) is 16.1 Å². The number of carbonyl (C=O) groups excluding carboxylic acids is 1. The molecule has 0 unspecified atom stereocenters. The maximum absolute atomic E-state index is 11.8. The van der Waals surface area contributed by atoms with Crippen LogP contribution in [0, 0.1) is 5.92 Å². The molecule has 3 rings (SSSR count). The van der Waals surface area contributed by atoms with Gasteiger partial charge in [-0.15, -0.1) is 0 Å². The van der Waals surface area contributed by atoms with E-state index in [4.69, 9.17) is 21.1 Å². The summed E-state index contributed by atoms with van der Waals surface area (Å²) in [5, 5.41) is 0.668. The summed E-state index contributed by atoms with van der Waals surface area (Å²) < 4.78 is 11.0. The zero-order valence-corrected chi connectivity index (χ0v) is 13.1. The molecule has 0 bridgehead atoms. The van der Waals surface area contributed by atoms with Crippen LogP contribution in [0.3, 0.4) is 0 Å². The van der Waals surface area contributed by atoms with Gasteiger partial charge in [-0.3, -0.25) is 4.79 Å². The molecule has 0 amide bonds. The van der Waals surface area contributed by atoms with Crippen LogP contribution in [0.4, 0.5) is 0 Å². The van der Waals surface area contributed by atoms with Gasteiger partial charge in [-0.2, -0.15) is 0 Å². The number of esters is 1. The van der Waals surface area contributed by atoms with Gasteiger partial charge in [0.25, 0.3) is 0 Å². The smallest absolute Gasteiger partial charge is 0.317 e. The third-order valence-electron chi connectivity index (χ3n) is 3.37. The topological polar surface area (TPSA) is 35.5 Å². The highest BCUT2D eigenvalue weighted by atomic mass is 35.5. The third-order valence-corrected chi connectivity index (χ3v) is 3.63. The van der Waals surface area contributed by atoms with Crippen LogP contribution in [0.1, 0.15) is 5.56 Å². The normalized spacial score (nSPS) is 13.3. The van der Waals surface area contributed by atoms with Gasteiger partial charge in [0.2, 0.25) is 0 Å². The van der Waals surface area contributed by atoms with E-state index in [2.05, 4.69) is 0 Å². The predicted octanol–water partition coefficient (Wildman–Crippen LogP) is 4.92. The summed E-state index contributed by atoms with van der Waals surface area (Å²) in [5.74, 6) is 0.927. The molecule has 2 aromatic rings. The van der Waals surface area contributed by atoms with E-state index in [0.29, 0.717) is 16.5 Å². The summed E-state index contributed by atoms with van der Waals surface area (Å²) in [6, 6.07) is 14.6. The Morgan fingerprint density at radius 2 is 1.48 bits per heavy atom. The molecule has 0 radical (unpaired) electrons. The first kappa shape index (κ1) is 15.4. The number of carbonyl (C=O) groups is 1. The zero-order chi connectivity index (χ0) is 16.1. The lowest BCUT2D eigenvalue weighted by molar-refractivity contribution is -0.146. The van der Waals surface area contributed by atoms with Crippen molar-refractivity contribution in [1.82, 2.24) is 0 Å². The number of hydrogen-bond acceptors (Lipinski definition) is 3. The van der Waals surface area contributed by atoms with Crippen LogP contribution in [0.2, 0.25) is 5.02 Å². The average Bonchev–Trinajstić information content (AvgIpc) is 3.11. The largest absolute Gasteiger partial charge is 0.460 e. The Balaban J connectivity index is 1.54. The molecule has 23 heavy (non-hydrogen) atoms. The summed E-state index contributed by atoms with van der Waals surface area (Å²) in [6.45, 7) is 0.248. The van der Waals surface area contributed by atoms with Crippen molar-refractivity contribution in [3.8, 4) is 11.5 Å². The van der Waals surface area contributed by atoms with Crippen LogP contribution in [0.25, 0.3) is 0 Å². The molecule has 1 aliphatic rings. The minimum absolute atomic E-state index is 0.239. The van der Waals surface area contributed by atoms with Crippen LogP contribution >= 0.6 is 11.6 Å². The van der Waals surface area contributed by atoms with Crippen molar-refractivity contribution in [2.45, 2.75) is 6.61 Å². The fourth-order valence-electron chi connectivity index (χ4n) is 2.13. The quantitative estimate of drug-likeness (QED) is 0.732. The van der Waals surface area contributed by atoms with Gasteiger partial charge in [0, 0.05) is 5.02 Å². The van der Waals surface area contributed by atoms with Crippen LogP contribution in [-0.4, -0.2) is 5.97 Å². The molecular formula is C19H15ClO3. The number of allylic oxidation sites excluding steroid dienone is 2. The van der Waals surface area contributed by atoms with Crippen molar-refractivity contribution >= 4 is 17.6 Å². The summed E-state index contributed by atoms with van der Waals surface area (Å²) in [5.41, 5.74) is 0.910. The summed E-state index contributed by atoms with van der Waals surface area (Å²) in [7, 11) is 0. The minimum atomic E-state index is -0.262. The first-order valence-electron chi connectivity index (χ1n) is 7.25. The van der Waals surface area contributed by atoms with Gasteiger partial charge in [-0.05, 0) is 42.0 Å². The van der Waals surface area contributed by atoms with E-state index in [1.165, 1.54) is 0 Å². The summed E-state index contributed by atoms with van der Waals surface area (Å²) >= 11 is 5.84. The molecular weight excluding hydrogens is 312 g/mol. The van der Waals surface area contributed by atoms with E-state index >= 15 is 0 Å². The Kier molecular flexibility index (Phi) is 4.79. The van der Waals surface area contributed by atoms with E-state index < -0.39 is 0 Å². The first-order chi connectivity index (χ1) is 11.2. The van der Waals surface area contributed by atoms with E-state index in [1.54, 1.807) is 24.3 Å². The van der Waals surface area contributed by atoms with Gasteiger partial charge in [-0.25, -0.2) is 0 Å². The van der Waals surface area contributed by atoms with Gasteiger partial charge in [-0.1, -0.05) is 48.0 Å².